The van der Waals surface area contributed by atoms with E-state index in [-0.39, 0.29) is 0 Å². The molecule has 0 spiro atoms. The molecule has 8 heteroatoms. The van der Waals surface area contributed by atoms with Crippen LogP contribution in [0.4, 0.5) is 5.69 Å². The maximum atomic E-state index is 12.9. The van der Waals surface area contributed by atoms with Crippen molar-refractivity contribution in [2.75, 3.05) is 26.1 Å². The van der Waals surface area contributed by atoms with E-state index in [4.69, 9.17) is 14.2 Å². The molecule has 4 rings (SSSR count). The summed E-state index contributed by atoms with van der Waals surface area (Å²) in [5.74, 6) is -0.0791. The van der Waals surface area contributed by atoms with Crippen molar-refractivity contribution in [1.29, 1.82) is 0 Å². The molecule has 0 aliphatic heterocycles. The molecule has 32 heavy (non-hydrogen) atoms. The molecule has 162 valence electrons. The summed E-state index contributed by atoms with van der Waals surface area (Å²) in [7, 11) is 3.02. The zero-order valence-electron chi connectivity index (χ0n) is 17.5. The fourth-order valence-corrected chi connectivity index (χ4v) is 3.89. The average Bonchev–Trinajstić information content (AvgIpc) is 3.37. The van der Waals surface area contributed by atoms with Crippen LogP contribution in [0.3, 0.4) is 0 Å². The van der Waals surface area contributed by atoms with Gasteiger partial charge in [0.2, 0.25) is 0 Å². The molecule has 0 radical (unpaired) electrons. The van der Waals surface area contributed by atoms with Gasteiger partial charge in [-0.25, -0.2) is 9.78 Å². The van der Waals surface area contributed by atoms with Gasteiger partial charge in [0, 0.05) is 11.5 Å². The fourth-order valence-electron chi connectivity index (χ4n) is 3.20. The van der Waals surface area contributed by atoms with Crippen LogP contribution in [0.2, 0.25) is 0 Å². The summed E-state index contributed by atoms with van der Waals surface area (Å²) in [6.07, 6.45) is 0. The minimum absolute atomic E-state index is 0.353. The van der Waals surface area contributed by atoms with Crippen LogP contribution in [0.15, 0.2) is 66.0 Å². The molecule has 2 aromatic heterocycles. The Balaban J connectivity index is 1.53. The number of benzene rings is 2. The number of nitrogens with zero attached hydrogens (tertiary/aromatic N) is 1. The summed E-state index contributed by atoms with van der Waals surface area (Å²) >= 11 is 1.53. The number of methoxy groups -OCH3 is 2. The van der Waals surface area contributed by atoms with Crippen molar-refractivity contribution < 1.29 is 23.8 Å². The number of hydrogen-bond acceptors (Lipinski definition) is 7. The third-order valence-electron chi connectivity index (χ3n) is 4.72. The lowest BCUT2D eigenvalue weighted by atomic mass is 10.1. The van der Waals surface area contributed by atoms with Crippen LogP contribution >= 0.6 is 11.3 Å². The molecular weight excluding hydrogens is 428 g/mol. The molecule has 0 atom stereocenters. The van der Waals surface area contributed by atoms with Crippen LogP contribution in [0.25, 0.3) is 21.5 Å². The highest BCUT2D eigenvalue weighted by atomic mass is 32.1. The molecular formula is C24H20N2O5S. The summed E-state index contributed by atoms with van der Waals surface area (Å²) in [4.78, 5) is 30.9. The number of fused-ring (bicyclic) bond motifs is 1. The van der Waals surface area contributed by atoms with Gasteiger partial charge < -0.3 is 19.5 Å². The average molecular weight is 449 g/mol. The number of nitrogens with one attached hydrogen (secondary N) is 1. The van der Waals surface area contributed by atoms with Crippen molar-refractivity contribution in [3.05, 3.63) is 71.6 Å². The van der Waals surface area contributed by atoms with Crippen LogP contribution in [0.1, 0.15) is 10.4 Å². The van der Waals surface area contributed by atoms with Crippen LogP contribution < -0.4 is 14.8 Å². The van der Waals surface area contributed by atoms with E-state index in [9.17, 15) is 9.59 Å². The molecule has 0 bridgehead atoms. The molecule has 0 aliphatic rings. The summed E-state index contributed by atoms with van der Waals surface area (Å²) < 4.78 is 15.8. The second kappa shape index (κ2) is 9.49. The summed E-state index contributed by atoms with van der Waals surface area (Å²) in [5.41, 5.74) is 2.13. The lowest BCUT2D eigenvalue weighted by Gasteiger charge is -2.12. The Morgan fingerprint density at radius 1 is 1.00 bits per heavy atom. The topological polar surface area (TPSA) is 86.8 Å². The van der Waals surface area contributed by atoms with Gasteiger partial charge in [-0.2, -0.15) is 0 Å². The molecule has 2 aromatic carbocycles. The maximum absolute atomic E-state index is 12.9. The van der Waals surface area contributed by atoms with Crippen LogP contribution in [-0.2, 0) is 9.53 Å². The number of hydrogen-bond donors (Lipinski definition) is 1. The number of aromatic nitrogens is 1. The number of para-hydroxylation sites is 1. The van der Waals surface area contributed by atoms with E-state index < -0.39 is 18.5 Å². The van der Waals surface area contributed by atoms with E-state index in [2.05, 4.69) is 10.3 Å². The van der Waals surface area contributed by atoms with Crippen molar-refractivity contribution in [1.82, 2.24) is 4.98 Å². The number of pyridine rings is 1. The number of ether oxygens (including phenoxy) is 3. The van der Waals surface area contributed by atoms with Crippen LogP contribution in [-0.4, -0.2) is 37.7 Å². The Morgan fingerprint density at radius 3 is 2.59 bits per heavy atom. The number of carbonyl (C=O) groups is 2. The molecule has 7 nitrogen and oxygen atoms in total. The Hall–Kier alpha value is -3.91. The summed E-state index contributed by atoms with van der Waals surface area (Å²) in [6, 6.07) is 17.9. The van der Waals surface area contributed by atoms with Gasteiger partial charge in [-0.3, -0.25) is 4.79 Å². The quantitative estimate of drug-likeness (QED) is 0.410. The van der Waals surface area contributed by atoms with Gasteiger partial charge in [-0.1, -0.05) is 24.3 Å². The predicted molar refractivity (Wildman–Crippen MR) is 124 cm³/mol. The monoisotopic (exact) mass is 448 g/mol. The predicted octanol–water partition coefficient (Wildman–Crippen LogP) is 4.78. The van der Waals surface area contributed by atoms with Crippen molar-refractivity contribution >= 4 is 39.8 Å². The van der Waals surface area contributed by atoms with Crippen molar-refractivity contribution in [3.63, 3.8) is 0 Å². The van der Waals surface area contributed by atoms with E-state index in [1.807, 2.05) is 35.7 Å². The Bertz CT molecular complexity index is 1270. The van der Waals surface area contributed by atoms with Crippen molar-refractivity contribution in [3.8, 4) is 22.1 Å². The molecule has 4 aromatic rings. The van der Waals surface area contributed by atoms with Crippen LogP contribution in [0, 0.1) is 0 Å². The van der Waals surface area contributed by atoms with E-state index in [0.29, 0.717) is 39.3 Å². The largest absolute Gasteiger partial charge is 0.497 e. The SMILES string of the molecule is COc1ccc(OC)c(NC(=O)COC(=O)c2cc(-c3cccs3)nc3ccccc23)c1. The Morgan fingerprint density at radius 2 is 1.84 bits per heavy atom. The first-order valence-electron chi connectivity index (χ1n) is 9.71. The number of rotatable bonds is 7. The number of thiophene rings is 1. The van der Waals surface area contributed by atoms with Crippen molar-refractivity contribution in [2.45, 2.75) is 0 Å². The minimum atomic E-state index is -0.603. The number of esters is 1. The van der Waals surface area contributed by atoms with Gasteiger partial charge in [-0.05, 0) is 35.7 Å². The van der Waals surface area contributed by atoms with E-state index >= 15 is 0 Å². The second-order valence-corrected chi connectivity index (χ2v) is 7.69. The van der Waals surface area contributed by atoms with Gasteiger partial charge in [0.15, 0.2) is 6.61 Å². The molecule has 0 fully saturated rings. The number of anilines is 1. The number of carbonyl (C=O) groups excluding carboxylic acids is 2. The van der Waals surface area contributed by atoms with Gasteiger partial charge in [-0.15, -0.1) is 11.3 Å². The smallest absolute Gasteiger partial charge is 0.339 e. The molecule has 0 saturated carbocycles. The normalized spacial score (nSPS) is 10.6. The fraction of sp³-hybridized carbons (Fsp3) is 0.125. The van der Waals surface area contributed by atoms with E-state index in [1.165, 1.54) is 25.6 Å². The third kappa shape index (κ3) is 4.55. The summed E-state index contributed by atoms with van der Waals surface area (Å²) in [6.45, 7) is -0.454. The highest BCUT2D eigenvalue weighted by Gasteiger charge is 2.17. The lowest BCUT2D eigenvalue weighted by molar-refractivity contribution is -0.119. The lowest BCUT2D eigenvalue weighted by Crippen LogP contribution is -2.21. The van der Waals surface area contributed by atoms with E-state index in [1.54, 1.807) is 30.3 Å². The third-order valence-corrected chi connectivity index (χ3v) is 5.62. The minimum Gasteiger partial charge on any atom is -0.497 e. The molecule has 2 heterocycles. The van der Waals surface area contributed by atoms with Gasteiger partial charge in [0.1, 0.15) is 11.5 Å². The molecule has 1 amide bonds. The maximum Gasteiger partial charge on any atom is 0.339 e. The molecule has 0 unspecified atom stereocenters. The second-order valence-electron chi connectivity index (χ2n) is 6.74. The first-order chi connectivity index (χ1) is 15.6. The standard InChI is InChI=1S/C24H20N2O5S/c1-29-15-9-10-21(30-2)19(12-15)26-23(27)14-31-24(28)17-13-20(22-8-5-11-32-22)25-18-7-4-3-6-16(17)18/h3-13H,14H2,1-2H3,(H,26,27). The Kier molecular flexibility index (Phi) is 6.32. The van der Waals surface area contributed by atoms with E-state index in [0.717, 1.165) is 4.88 Å². The Labute approximate surface area is 188 Å². The molecule has 1 N–H and O–H groups in total. The highest BCUT2D eigenvalue weighted by molar-refractivity contribution is 7.13. The summed E-state index contributed by atoms with van der Waals surface area (Å²) in [5, 5.41) is 5.29. The highest BCUT2D eigenvalue weighted by Crippen LogP contribution is 2.30. The van der Waals surface area contributed by atoms with Gasteiger partial charge in [0.05, 0.1) is 41.6 Å². The molecule has 0 saturated heterocycles. The number of amides is 1. The van der Waals surface area contributed by atoms with Crippen molar-refractivity contribution in [2.24, 2.45) is 0 Å². The zero-order chi connectivity index (χ0) is 22.5. The molecule has 0 aliphatic carbocycles. The first kappa shape index (κ1) is 21.3. The van der Waals surface area contributed by atoms with Crippen LogP contribution in [0.5, 0.6) is 11.5 Å². The van der Waals surface area contributed by atoms with Gasteiger partial charge >= 0.3 is 5.97 Å². The zero-order valence-corrected chi connectivity index (χ0v) is 18.3. The first-order valence-corrected chi connectivity index (χ1v) is 10.6. The van der Waals surface area contributed by atoms with Gasteiger partial charge in [0.25, 0.3) is 5.91 Å².